The molecule has 0 aliphatic rings. The van der Waals surface area contributed by atoms with Crippen molar-refractivity contribution in [1.82, 2.24) is 15.3 Å². The van der Waals surface area contributed by atoms with Gasteiger partial charge in [0.1, 0.15) is 0 Å². The maximum absolute atomic E-state index is 4.36. The number of aromatic nitrogens is 2. The van der Waals surface area contributed by atoms with Gasteiger partial charge >= 0.3 is 0 Å². The molecule has 1 N–H and O–H groups in total. The Hall–Kier alpha value is -1.74. The molecule has 0 saturated heterocycles. The minimum atomic E-state index is 0.353. The van der Waals surface area contributed by atoms with E-state index in [1.165, 1.54) is 5.56 Å². The lowest BCUT2D eigenvalue weighted by molar-refractivity contribution is 0.511. The van der Waals surface area contributed by atoms with Crippen LogP contribution in [0.1, 0.15) is 30.6 Å². The number of nitrogens with zero attached hydrogens (tertiary/aromatic N) is 2. The van der Waals surface area contributed by atoms with E-state index in [4.69, 9.17) is 0 Å². The van der Waals surface area contributed by atoms with Crippen LogP contribution in [-0.4, -0.2) is 16.5 Å². The van der Waals surface area contributed by atoms with Gasteiger partial charge in [0.05, 0.1) is 0 Å². The molecule has 1 unspecified atom stereocenters. The normalized spacial score (nSPS) is 12.3. The quantitative estimate of drug-likeness (QED) is 0.845. The zero-order chi connectivity index (χ0) is 12.6. The molecule has 3 heteroatoms. The van der Waals surface area contributed by atoms with Crippen molar-refractivity contribution >= 4 is 0 Å². The Balaban J connectivity index is 1.99. The lowest BCUT2D eigenvalue weighted by Crippen LogP contribution is -2.21. The van der Waals surface area contributed by atoms with Crippen molar-refractivity contribution in [3.8, 4) is 0 Å². The van der Waals surface area contributed by atoms with Crippen LogP contribution in [0.5, 0.6) is 0 Å². The second-order valence-corrected chi connectivity index (χ2v) is 4.26. The average Bonchev–Trinajstić information content (AvgIpc) is 2.45. The fourth-order valence-electron chi connectivity index (χ4n) is 2.05. The van der Waals surface area contributed by atoms with Crippen molar-refractivity contribution in [3.63, 3.8) is 0 Å². The smallest absolute Gasteiger partial charge is 0.0404 e. The first kappa shape index (κ1) is 12.7. The topological polar surface area (TPSA) is 37.8 Å². The molecular weight excluding hydrogens is 222 g/mol. The molecule has 2 heterocycles. The molecule has 0 aromatic carbocycles. The summed E-state index contributed by atoms with van der Waals surface area (Å²) in [6.07, 6.45) is 7.61. The third-order valence-electron chi connectivity index (χ3n) is 2.95. The highest BCUT2D eigenvalue weighted by atomic mass is 14.9. The van der Waals surface area contributed by atoms with Gasteiger partial charge in [-0.2, -0.15) is 0 Å². The van der Waals surface area contributed by atoms with Crippen molar-refractivity contribution < 1.29 is 0 Å². The number of hydrogen-bond acceptors (Lipinski definition) is 3. The van der Waals surface area contributed by atoms with E-state index >= 15 is 0 Å². The summed E-state index contributed by atoms with van der Waals surface area (Å²) in [6.45, 7) is 3.09. The van der Waals surface area contributed by atoms with Crippen LogP contribution in [0.15, 0.2) is 48.9 Å². The van der Waals surface area contributed by atoms with E-state index in [-0.39, 0.29) is 0 Å². The summed E-state index contributed by atoms with van der Waals surface area (Å²) >= 11 is 0. The molecule has 2 aromatic rings. The molecule has 0 saturated carbocycles. The van der Waals surface area contributed by atoms with Gasteiger partial charge < -0.3 is 5.32 Å². The van der Waals surface area contributed by atoms with Gasteiger partial charge in [0.25, 0.3) is 0 Å². The molecule has 0 fully saturated rings. The number of nitrogens with one attached hydrogen (secondary N) is 1. The molecule has 94 valence electrons. The molecular formula is C15H19N3. The minimum Gasteiger partial charge on any atom is -0.310 e. The first-order chi connectivity index (χ1) is 8.90. The van der Waals surface area contributed by atoms with Gasteiger partial charge in [-0.25, -0.2) is 0 Å². The molecule has 0 bridgehead atoms. The minimum absolute atomic E-state index is 0.353. The van der Waals surface area contributed by atoms with E-state index in [1.807, 2.05) is 36.8 Å². The number of hydrogen-bond donors (Lipinski definition) is 1. The van der Waals surface area contributed by atoms with Crippen molar-refractivity contribution in [1.29, 1.82) is 0 Å². The van der Waals surface area contributed by atoms with Crippen molar-refractivity contribution in [2.24, 2.45) is 0 Å². The summed E-state index contributed by atoms with van der Waals surface area (Å²) in [7, 11) is 0. The Bertz CT molecular complexity index is 442. The van der Waals surface area contributed by atoms with Crippen LogP contribution in [0, 0.1) is 0 Å². The predicted octanol–water partition coefficient (Wildman–Crippen LogP) is 2.76. The number of aryl methyl sites for hydroxylation is 1. The van der Waals surface area contributed by atoms with Crippen LogP contribution in [0.25, 0.3) is 0 Å². The van der Waals surface area contributed by atoms with Gasteiger partial charge in [-0.3, -0.25) is 9.97 Å². The van der Waals surface area contributed by atoms with E-state index in [9.17, 15) is 0 Å². The monoisotopic (exact) mass is 241 g/mol. The molecule has 2 aromatic heterocycles. The van der Waals surface area contributed by atoms with Crippen LogP contribution >= 0.6 is 0 Å². The van der Waals surface area contributed by atoms with E-state index in [1.54, 1.807) is 0 Å². The van der Waals surface area contributed by atoms with Crippen molar-refractivity contribution in [2.45, 2.75) is 25.8 Å². The van der Waals surface area contributed by atoms with Gasteiger partial charge in [-0.05, 0) is 43.1 Å². The standard InChI is InChI=1S/C15H19N3/c1-2-17-15(13-6-5-10-16-12-13)9-8-14-7-3-4-11-18-14/h3-7,10-12,15,17H,2,8-9H2,1H3. The molecule has 2 rings (SSSR count). The molecule has 0 aliphatic carbocycles. The fraction of sp³-hybridized carbons (Fsp3) is 0.333. The molecule has 1 atom stereocenters. The van der Waals surface area contributed by atoms with Crippen LogP contribution in [-0.2, 0) is 6.42 Å². The lowest BCUT2D eigenvalue weighted by atomic mass is 10.0. The van der Waals surface area contributed by atoms with Crippen molar-refractivity contribution in [2.75, 3.05) is 6.54 Å². The van der Waals surface area contributed by atoms with E-state index in [2.05, 4.69) is 34.3 Å². The molecule has 0 radical (unpaired) electrons. The first-order valence-electron chi connectivity index (χ1n) is 6.43. The number of pyridine rings is 2. The maximum Gasteiger partial charge on any atom is 0.0404 e. The van der Waals surface area contributed by atoms with Crippen LogP contribution in [0.3, 0.4) is 0 Å². The predicted molar refractivity (Wildman–Crippen MR) is 73.2 cm³/mol. The van der Waals surface area contributed by atoms with Crippen LogP contribution in [0.4, 0.5) is 0 Å². The SMILES string of the molecule is CCNC(CCc1ccccn1)c1cccnc1. The summed E-state index contributed by atoms with van der Waals surface area (Å²) in [5, 5.41) is 3.50. The Morgan fingerprint density at radius 3 is 2.78 bits per heavy atom. The highest BCUT2D eigenvalue weighted by molar-refractivity contribution is 5.14. The van der Waals surface area contributed by atoms with Crippen LogP contribution < -0.4 is 5.32 Å². The third-order valence-corrected chi connectivity index (χ3v) is 2.95. The molecule has 0 amide bonds. The largest absolute Gasteiger partial charge is 0.310 e. The average molecular weight is 241 g/mol. The summed E-state index contributed by atoms with van der Waals surface area (Å²) in [4.78, 5) is 8.55. The van der Waals surface area contributed by atoms with E-state index < -0.39 is 0 Å². The Morgan fingerprint density at radius 2 is 2.11 bits per heavy atom. The Kier molecular flexibility index (Phi) is 4.85. The van der Waals surface area contributed by atoms with Gasteiger partial charge in [-0.15, -0.1) is 0 Å². The second-order valence-electron chi connectivity index (χ2n) is 4.26. The maximum atomic E-state index is 4.36. The highest BCUT2D eigenvalue weighted by Gasteiger charge is 2.10. The third kappa shape index (κ3) is 3.64. The fourth-order valence-corrected chi connectivity index (χ4v) is 2.05. The summed E-state index contributed by atoms with van der Waals surface area (Å²) in [5.74, 6) is 0. The molecule has 0 aliphatic heterocycles. The summed E-state index contributed by atoms with van der Waals surface area (Å²) < 4.78 is 0. The van der Waals surface area contributed by atoms with Gasteiger partial charge in [0.2, 0.25) is 0 Å². The Morgan fingerprint density at radius 1 is 1.17 bits per heavy atom. The van der Waals surface area contributed by atoms with Crippen molar-refractivity contribution in [3.05, 3.63) is 60.2 Å². The van der Waals surface area contributed by atoms with E-state index in [0.717, 1.165) is 25.1 Å². The highest BCUT2D eigenvalue weighted by Crippen LogP contribution is 2.17. The molecule has 3 nitrogen and oxygen atoms in total. The lowest BCUT2D eigenvalue weighted by Gasteiger charge is -2.17. The number of rotatable bonds is 6. The van der Waals surface area contributed by atoms with Gasteiger partial charge in [0, 0.05) is 30.3 Å². The van der Waals surface area contributed by atoms with Gasteiger partial charge in [0.15, 0.2) is 0 Å². The molecule has 0 spiro atoms. The molecule has 18 heavy (non-hydrogen) atoms. The van der Waals surface area contributed by atoms with E-state index in [0.29, 0.717) is 6.04 Å². The first-order valence-corrected chi connectivity index (χ1v) is 6.43. The Labute approximate surface area is 108 Å². The zero-order valence-electron chi connectivity index (χ0n) is 10.7. The zero-order valence-corrected chi connectivity index (χ0v) is 10.7. The summed E-state index contributed by atoms with van der Waals surface area (Å²) in [5.41, 5.74) is 2.39. The van der Waals surface area contributed by atoms with Gasteiger partial charge in [-0.1, -0.05) is 19.1 Å². The van der Waals surface area contributed by atoms with Crippen LogP contribution in [0.2, 0.25) is 0 Å². The second kappa shape index (κ2) is 6.87. The summed E-state index contributed by atoms with van der Waals surface area (Å²) in [6, 6.07) is 10.5.